The van der Waals surface area contributed by atoms with Crippen molar-refractivity contribution in [2.75, 3.05) is 5.32 Å². The number of hydrogen-bond donors (Lipinski definition) is 2. The number of nitrogens with zero attached hydrogens (tertiary/aromatic N) is 1. The molecule has 3 N–H and O–H groups in total. The summed E-state index contributed by atoms with van der Waals surface area (Å²) in [6.45, 7) is 2.34. The van der Waals surface area contributed by atoms with Gasteiger partial charge < -0.3 is 11.1 Å². The van der Waals surface area contributed by atoms with Crippen molar-refractivity contribution in [1.82, 2.24) is 0 Å². The Morgan fingerprint density at radius 1 is 1.29 bits per heavy atom. The van der Waals surface area contributed by atoms with Gasteiger partial charge in [0.2, 0.25) is 0 Å². The third-order valence-corrected chi connectivity index (χ3v) is 3.00. The molecule has 0 heterocycles. The smallest absolute Gasteiger partial charge is 0.193 e. The number of benzene rings is 2. The van der Waals surface area contributed by atoms with E-state index in [1.54, 1.807) is 12.1 Å². The highest BCUT2D eigenvalue weighted by Gasteiger charge is 2.01. The predicted octanol–water partition coefficient (Wildman–Crippen LogP) is 4.33. The Balaban J connectivity index is 0.00000220. The van der Waals surface area contributed by atoms with Gasteiger partial charge in [0.15, 0.2) is 5.96 Å². The molecule has 0 spiro atoms. The van der Waals surface area contributed by atoms with E-state index in [1.165, 1.54) is 6.07 Å². The normalized spacial score (nSPS) is 10.9. The van der Waals surface area contributed by atoms with Crippen LogP contribution < -0.4 is 11.1 Å². The van der Waals surface area contributed by atoms with Crippen molar-refractivity contribution >= 4 is 47.2 Å². The SMILES string of the molecule is Cc1cccc(NC(N)=NCc2ccc(F)c(Cl)c2)c1.I. The number of anilines is 1. The number of nitrogens with one attached hydrogen (secondary N) is 1. The molecule has 0 saturated carbocycles. The summed E-state index contributed by atoms with van der Waals surface area (Å²) in [5.74, 6) is -0.138. The minimum Gasteiger partial charge on any atom is -0.370 e. The molecular weight excluding hydrogens is 404 g/mol. The number of aliphatic imine (C=N–C) groups is 1. The van der Waals surface area contributed by atoms with Crippen molar-refractivity contribution in [2.24, 2.45) is 10.7 Å². The summed E-state index contributed by atoms with van der Waals surface area (Å²) in [7, 11) is 0. The fourth-order valence-corrected chi connectivity index (χ4v) is 1.93. The number of guanidine groups is 1. The summed E-state index contributed by atoms with van der Waals surface area (Å²) < 4.78 is 13.0. The van der Waals surface area contributed by atoms with Gasteiger partial charge >= 0.3 is 0 Å². The van der Waals surface area contributed by atoms with Gasteiger partial charge in [0.25, 0.3) is 0 Å². The van der Waals surface area contributed by atoms with E-state index in [9.17, 15) is 4.39 Å². The first-order valence-corrected chi connectivity index (χ1v) is 6.50. The summed E-state index contributed by atoms with van der Waals surface area (Å²) in [6, 6.07) is 12.3. The minimum atomic E-state index is -0.440. The maximum atomic E-state index is 13.0. The summed E-state index contributed by atoms with van der Waals surface area (Å²) >= 11 is 5.71. The zero-order chi connectivity index (χ0) is 14.5. The van der Waals surface area contributed by atoms with E-state index >= 15 is 0 Å². The molecule has 0 bridgehead atoms. The molecule has 21 heavy (non-hydrogen) atoms. The fourth-order valence-electron chi connectivity index (χ4n) is 1.72. The topological polar surface area (TPSA) is 50.4 Å². The van der Waals surface area contributed by atoms with E-state index in [1.807, 2.05) is 31.2 Å². The Hall–Kier alpha value is -1.34. The van der Waals surface area contributed by atoms with Gasteiger partial charge in [-0.25, -0.2) is 9.38 Å². The maximum Gasteiger partial charge on any atom is 0.193 e. The first-order valence-electron chi connectivity index (χ1n) is 6.12. The second-order valence-corrected chi connectivity index (χ2v) is 4.85. The number of rotatable bonds is 3. The second-order valence-electron chi connectivity index (χ2n) is 4.44. The second kappa shape index (κ2) is 8.19. The van der Waals surface area contributed by atoms with Gasteiger partial charge in [-0.05, 0) is 42.3 Å². The van der Waals surface area contributed by atoms with E-state index in [0.717, 1.165) is 16.8 Å². The maximum absolute atomic E-state index is 13.0. The lowest BCUT2D eigenvalue weighted by Gasteiger charge is -2.06. The van der Waals surface area contributed by atoms with Gasteiger partial charge in [0.05, 0.1) is 11.6 Å². The van der Waals surface area contributed by atoms with Crippen LogP contribution in [0, 0.1) is 12.7 Å². The minimum absolute atomic E-state index is 0. The van der Waals surface area contributed by atoms with Crippen LogP contribution in [-0.4, -0.2) is 5.96 Å². The quantitative estimate of drug-likeness (QED) is 0.442. The number of halogens is 3. The highest BCUT2D eigenvalue weighted by Crippen LogP contribution is 2.16. The molecule has 2 aromatic carbocycles. The molecule has 0 fully saturated rings. The molecule has 0 amide bonds. The van der Waals surface area contributed by atoms with Gasteiger partial charge in [0.1, 0.15) is 5.82 Å². The van der Waals surface area contributed by atoms with Gasteiger partial charge in [-0.3, -0.25) is 0 Å². The van der Waals surface area contributed by atoms with Crippen LogP contribution in [-0.2, 0) is 6.54 Å². The van der Waals surface area contributed by atoms with Crippen LogP contribution in [0.5, 0.6) is 0 Å². The molecule has 0 unspecified atom stereocenters. The summed E-state index contributed by atoms with van der Waals surface area (Å²) in [4.78, 5) is 4.19. The monoisotopic (exact) mass is 419 g/mol. The lowest BCUT2D eigenvalue weighted by Crippen LogP contribution is -2.22. The third-order valence-electron chi connectivity index (χ3n) is 2.71. The van der Waals surface area contributed by atoms with Crippen LogP contribution >= 0.6 is 35.6 Å². The molecule has 2 rings (SSSR count). The van der Waals surface area contributed by atoms with Crippen LogP contribution in [0.4, 0.5) is 10.1 Å². The Morgan fingerprint density at radius 3 is 2.71 bits per heavy atom. The van der Waals surface area contributed by atoms with Crippen molar-refractivity contribution in [1.29, 1.82) is 0 Å². The molecule has 3 nitrogen and oxygen atoms in total. The average Bonchev–Trinajstić information content (AvgIpc) is 2.40. The van der Waals surface area contributed by atoms with Crippen LogP contribution in [0.3, 0.4) is 0 Å². The fraction of sp³-hybridized carbons (Fsp3) is 0.133. The Labute approximate surface area is 145 Å². The first-order chi connectivity index (χ1) is 9.54. The van der Waals surface area contributed by atoms with E-state index in [4.69, 9.17) is 17.3 Å². The highest BCUT2D eigenvalue weighted by atomic mass is 127. The van der Waals surface area contributed by atoms with Crippen molar-refractivity contribution < 1.29 is 4.39 Å². The van der Waals surface area contributed by atoms with Gasteiger partial charge in [0, 0.05) is 5.69 Å². The Kier molecular flexibility index (Phi) is 6.91. The molecule has 0 aliphatic carbocycles. The van der Waals surface area contributed by atoms with Crippen molar-refractivity contribution in [3.63, 3.8) is 0 Å². The van der Waals surface area contributed by atoms with Crippen LogP contribution in [0.15, 0.2) is 47.5 Å². The largest absolute Gasteiger partial charge is 0.370 e. The summed E-state index contributed by atoms with van der Waals surface area (Å²) in [6.07, 6.45) is 0. The molecule has 0 radical (unpaired) electrons. The molecule has 2 aromatic rings. The molecule has 0 aliphatic heterocycles. The molecule has 112 valence electrons. The average molecular weight is 420 g/mol. The Bertz CT molecular complexity index is 647. The standard InChI is InChI=1S/C15H15ClFN3.HI/c1-10-3-2-4-12(7-10)20-15(18)19-9-11-5-6-14(17)13(16)8-11;/h2-8H,9H2,1H3,(H3,18,19,20);1H. The van der Waals surface area contributed by atoms with Crippen molar-refractivity contribution in [2.45, 2.75) is 13.5 Å². The number of hydrogen-bond acceptors (Lipinski definition) is 1. The van der Waals surface area contributed by atoms with Crippen LogP contribution in [0.2, 0.25) is 5.02 Å². The van der Waals surface area contributed by atoms with Crippen LogP contribution in [0.25, 0.3) is 0 Å². The van der Waals surface area contributed by atoms with Crippen molar-refractivity contribution in [3.05, 3.63) is 64.4 Å². The molecule has 0 aliphatic rings. The summed E-state index contributed by atoms with van der Waals surface area (Å²) in [5, 5.41) is 3.09. The highest BCUT2D eigenvalue weighted by molar-refractivity contribution is 14.0. The number of aryl methyl sites for hydroxylation is 1. The molecule has 0 saturated heterocycles. The van der Waals surface area contributed by atoms with Crippen LogP contribution in [0.1, 0.15) is 11.1 Å². The van der Waals surface area contributed by atoms with E-state index < -0.39 is 5.82 Å². The zero-order valence-corrected chi connectivity index (χ0v) is 14.5. The van der Waals surface area contributed by atoms with Gasteiger partial charge in [-0.2, -0.15) is 0 Å². The van der Waals surface area contributed by atoms with E-state index in [0.29, 0.717) is 12.5 Å². The van der Waals surface area contributed by atoms with E-state index in [-0.39, 0.29) is 29.0 Å². The van der Waals surface area contributed by atoms with Crippen molar-refractivity contribution in [3.8, 4) is 0 Å². The lowest BCUT2D eigenvalue weighted by atomic mass is 10.2. The van der Waals surface area contributed by atoms with Gasteiger partial charge in [-0.1, -0.05) is 29.8 Å². The molecular formula is C15H16ClFIN3. The third kappa shape index (κ3) is 5.51. The molecule has 0 aromatic heterocycles. The molecule has 0 atom stereocenters. The summed E-state index contributed by atoms with van der Waals surface area (Å²) in [5.41, 5.74) is 8.61. The first kappa shape index (κ1) is 17.7. The lowest BCUT2D eigenvalue weighted by molar-refractivity contribution is 0.627. The Morgan fingerprint density at radius 2 is 2.05 bits per heavy atom. The van der Waals surface area contributed by atoms with Gasteiger partial charge in [-0.15, -0.1) is 24.0 Å². The molecule has 6 heteroatoms. The number of nitrogens with two attached hydrogens (primary N) is 1. The van der Waals surface area contributed by atoms with E-state index in [2.05, 4.69) is 10.3 Å². The predicted molar refractivity (Wildman–Crippen MR) is 97.0 cm³/mol. The zero-order valence-electron chi connectivity index (χ0n) is 11.4.